The molecule has 4 nitrogen and oxygen atoms in total. The van der Waals surface area contributed by atoms with Gasteiger partial charge in [-0.15, -0.1) is 0 Å². The largest absolute Gasteiger partial charge is 0.465 e. The van der Waals surface area contributed by atoms with Crippen LogP contribution in [0.1, 0.15) is 20.7 Å². The van der Waals surface area contributed by atoms with E-state index in [1.54, 1.807) is 12.1 Å². The number of nitrogens with one attached hydrogen (secondary N) is 1. The van der Waals surface area contributed by atoms with Gasteiger partial charge in [0.1, 0.15) is 0 Å². The van der Waals surface area contributed by atoms with Crippen molar-refractivity contribution in [1.82, 2.24) is 0 Å². The number of hydrogen-bond donors (Lipinski definition) is 1. The average molecular weight is 326 g/mol. The summed E-state index contributed by atoms with van der Waals surface area (Å²) in [6, 6.07) is 7.50. The fraction of sp³-hybridized carbons (Fsp3) is 0.0667. The molecule has 0 radical (unpaired) electrons. The van der Waals surface area contributed by atoms with Gasteiger partial charge in [0.15, 0.2) is 11.6 Å². The Morgan fingerprint density at radius 1 is 1.09 bits per heavy atom. The molecule has 0 atom stereocenters. The smallest absolute Gasteiger partial charge is 0.339 e. The summed E-state index contributed by atoms with van der Waals surface area (Å²) in [5, 5.41) is 2.17. The van der Waals surface area contributed by atoms with Crippen LogP contribution in [0.2, 0.25) is 5.02 Å². The third-order valence-corrected chi connectivity index (χ3v) is 3.15. The Labute approximate surface area is 129 Å². The highest BCUT2D eigenvalue weighted by Crippen LogP contribution is 2.23. The van der Waals surface area contributed by atoms with E-state index in [0.717, 1.165) is 0 Å². The van der Waals surface area contributed by atoms with Crippen molar-refractivity contribution in [3.05, 3.63) is 64.2 Å². The number of anilines is 1. The molecule has 2 aromatic rings. The van der Waals surface area contributed by atoms with Crippen LogP contribution < -0.4 is 5.32 Å². The molecule has 0 fully saturated rings. The van der Waals surface area contributed by atoms with Crippen LogP contribution in [0.25, 0.3) is 0 Å². The number of methoxy groups -OCH3 is 1. The van der Waals surface area contributed by atoms with Gasteiger partial charge in [-0.05, 0) is 24.3 Å². The first-order valence-electron chi connectivity index (χ1n) is 6.07. The van der Waals surface area contributed by atoms with E-state index in [1.165, 1.54) is 19.2 Å². The molecule has 0 bridgehead atoms. The SMILES string of the molecule is COC(=O)c1ccccc1NC(=O)c1cc(F)c(F)cc1Cl. The molecule has 0 saturated carbocycles. The van der Waals surface area contributed by atoms with Crippen LogP contribution in [0.3, 0.4) is 0 Å². The first-order valence-corrected chi connectivity index (χ1v) is 6.45. The Hall–Kier alpha value is -2.47. The molecule has 1 N–H and O–H groups in total. The molecule has 0 aromatic heterocycles. The molecule has 0 aliphatic rings. The third kappa shape index (κ3) is 3.23. The second kappa shape index (κ2) is 6.53. The molecule has 114 valence electrons. The number of carbonyl (C=O) groups excluding carboxylic acids is 2. The maximum atomic E-state index is 13.2. The minimum Gasteiger partial charge on any atom is -0.465 e. The van der Waals surface area contributed by atoms with Gasteiger partial charge in [-0.2, -0.15) is 0 Å². The Bertz CT molecular complexity index is 750. The fourth-order valence-electron chi connectivity index (χ4n) is 1.77. The Morgan fingerprint density at radius 2 is 1.73 bits per heavy atom. The monoisotopic (exact) mass is 325 g/mol. The van der Waals surface area contributed by atoms with Gasteiger partial charge in [0.05, 0.1) is 28.9 Å². The van der Waals surface area contributed by atoms with Gasteiger partial charge in [-0.3, -0.25) is 4.79 Å². The maximum absolute atomic E-state index is 13.2. The Balaban J connectivity index is 2.34. The van der Waals surface area contributed by atoms with E-state index in [-0.39, 0.29) is 21.8 Å². The fourth-order valence-corrected chi connectivity index (χ4v) is 2.00. The zero-order valence-corrected chi connectivity index (χ0v) is 12.1. The van der Waals surface area contributed by atoms with Crippen LogP contribution in [0.15, 0.2) is 36.4 Å². The lowest BCUT2D eigenvalue weighted by Crippen LogP contribution is -2.16. The molecule has 2 rings (SSSR count). The number of hydrogen-bond acceptors (Lipinski definition) is 3. The topological polar surface area (TPSA) is 55.4 Å². The minimum atomic E-state index is -1.20. The normalized spacial score (nSPS) is 10.2. The van der Waals surface area contributed by atoms with E-state index < -0.39 is 23.5 Å². The molecule has 0 heterocycles. The molecule has 2 aromatic carbocycles. The highest BCUT2D eigenvalue weighted by Gasteiger charge is 2.18. The second-order valence-corrected chi connectivity index (χ2v) is 4.64. The van der Waals surface area contributed by atoms with E-state index in [4.69, 9.17) is 11.6 Å². The quantitative estimate of drug-likeness (QED) is 0.692. The number of benzene rings is 2. The molecule has 7 heteroatoms. The molecule has 0 unspecified atom stereocenters. The number of halogens is 3. The second-order valence-electron chi connectivity index (χ2n) is 4.24. The van der Waals surface area contributed by atoms with Crippen molar-refractivity contribution in [2.75, 3.05) is 12.4 Å². The number of rotatable bonds is 3. The predicted octanol–water partition coefficient (Wildman–Crippen LogP) is 3.66. The van der Waals surface area contributed by atoms with Gasteiger partial charge in [-0.25, -0.2) is 13.6 Å². The van der Waals surface area contributed by atoms with Gasteiger partial charge in [-0.1, -0.05) is 23.7 Å². The summed E-state index contributed by atoms with van der Waals surface area (Å²) >= 11 is 5.73. The molecule has 1 amide bonds. The molecule has 0 aliphatic heterocycles. The molecule has 22 heavy (non-hydrogen) atoms. The molecule has 0 aliphatic carbocycles. The number of carbonyl (C=O) groups is 2. The summed E-state index contributed by atoms with van der Waals surface area (Å²) in [5.41, 5.74) is 0.0393. The van der Waals surface area contributed by atoms with Gasteiger partial charge in [0.25, 0.3) is 5.91 Å². The molecule has 0 spiro atoms. The van der Waals surface area contributed by atoms with Crippen LogP contribution in [-0.4, -0.2) is 19.0 Å². The van der Waals surface area contributed by atoms with Crippen molar-refractivity contribution >= 4 is 29.2 Å². The summed E-state index contributed by atoms with van der Waals surface area (Å²) in [7, 11) is 1.20. The van der Waals surface area contributed by atoms with Gasteiger partial charge in [0.2, 0.25) is 0 Å². The lowest BCUT2D eigenvalue weighted by Gasteiger charge is -2.10. The van der Waals surface area contributed by atoms with Crippen LogP contribution >= 0.6 is 11.6 Å². The number of esters is 1. The van der Waals surface area contributed by atoms with Crippen LogP contribution in [0, 0.1) is 11.6 Å². The van der Waals surface area contributed by atoms with E-state index in [9.17, 15) is 18.4 Å². The zero-order valence-electron chi connectivity index (χ0n) is 11.3. The number of amides is 1. The van der Waals surface area contributed by atoms with E-state index in [2.05, 4.69) is 10.1 Å². The molecule has 0 saturated heterocycles. The van der Waals surface area contributed by atoms with E-state index in [1.807, 2.05) is 0 Å². The van der Waals surface area contributed by atoms with Crippen LogP contribution in [0.4, 0.5) is 14.5 Å². The maximum Gasteiger partial charge on any atom is 0.339 e. The lowest BCUT2D eigenvalue weighted by molar-refractivity contribution is 0.0602. The Kier molecular flexibility index (Phi) is 4.72. The predicted molar refractivity (Wildman–Crippen MR) is 77.1 cm³/mol. The number of para-hydroxylation sites is 1. The standard InChI is InChI=1S/C15H10ClF2NO3/c1-22-15(21)8-4-2-3-5-13(8)19-14(20)9-6-11(17)12(18)7-10(9)16/h2-7H,1H3,(H,19,20). The summed E-state index contributed by atoms with van der Waals surface area (Å²) in [5.74, 6) is -3.78. The summed E-state index contributed by atoms with van der Waals surface area (Å²) in [4.78, 5) is 23.7. The van der Waals surface area contributed by atoms with Crippen LogP contribution in [0.5, 0.6) is 0 Å². The van der Waals surface area contributed by atoms with Crippen molar-refractivity contribution in [2.45, 2.75) is 0 Å². The molecular formula is C15H10ClF2NO3. The lowest BCUT2D eigenvalue weighted by atomic mass is 10.1. The highest BCUT2D eigenvalue weighted by atomic mass is 35.5. The van der Waals surface area contributed by atoms with Gasteiger partial charge < -0.3 is 10.1 Å². The highest BCUT2D eigenvalue weighted by molar-refractivity contribution is 6.34. The van der Waals surface area contributed by atoms with Crippen molar-refractivity contribution in [2.24, 2.45) is 0 Å². The van der Waals surface area contributed by atoms with Crippen LogP contribution in [-0.2, 0) is 4.74 Å². The van der Waals surface area contributed by atoms with E-state index in [0.29, 0.717) is 12.1 Å². The van der Waals surface area contributed by atoms with Crippen molar-refractivity contribution in [3.63, 3.8) is 0 Å². The number of ether oxygens (including phenoxy) is 1. The van der Waals surface area contributed by atoms with E-state index >= 15 is 0 Å². The zero-order chi connectivity index (χ0) is 16.3. The van der Waals surface area contributed by atoms with Crippen molar-refractivity contribution < 1.29 is 23.1 Å². The van der Waals surface area contributed by atoms with Gasteiger partial charge >= 0.3 is 5.97 Å². The summed E-state index contributed by atoms with van der Waals surface area (Å²) in [6.45, 7) is 0. The molecular weight excluding hydrogens is 316 g/mol. The Morgan fingerprint density at radius 3 is 2.41 bits per heavy atom. The first kappa shape index (κ1) is 15.9. The summed E-state index contributed by atoms with van der Waals surface area (Å²) in [6.07, 6.45) is 0. The van der Waals surface area contributed by atoms with Crippen molar-refractivity contribution in [3.8, 4) is 0 Å². The minimum absolute atomic E-state index is 0.122. The first-order chi connectivity index (χ1) is 10.4. The average Bonchev–Trinajstić information content (AvgIpc) is 2.50. The third-order valence-electron chi connectivity index (χ3n) is 2.84. The summed E-state index contributed by atoms with van der Waals surface area (Å²) < 4.78 is 30.8. The van der Waals surface area contributed by atoms with Crippen molar-refractivity contribution in [1.29, 1.82) is 0 Å². The van der Waals surface area contributed by atoms with Gasteiger partial charge in [0, 0.05) is 0 Å².